The summed E-state index contributed by atoms with van der Waals surface area (Å²) in [4.78, 5) is 1.80. The van der Waals surface area contributed by atoms with Crippen molar-refractivity contribution in [2.24, 2.45) is 0 Å². The van der Waals surface area contributed by atoms with Crippen molar-refractivity contribution in [2.75, 3.05) is 6.54 Å². The summed E-state index contributed by atoms with van der Waals surface area (Å²) < 4.78 is 35.6. The van der Waals surface area contributed by atoms with E-state index in [1.165, 1.54) is 0 Å². The first-order valence-corrected chi connectivity index (χ1v) is 6.15. The second-order valence-electron chi connectivity index (χ2n) is 3.67. The van der Waals surface area contributed by atoms with Crippen LogP contribution < -0.4 is 14.0 Å². The largest absolute Gasteiger partial charge is 0.269 e. The molecule has 0 radical (unpaired) electrons. The van der Waals surface area contributed by atoms with Crippen LogP contribution in [0.3, 0.4) is 0 Å². The molecule has 0 bridgehead atoms. The van der Waals surface area contributed by atoms with Crippen LogP contribution in [0.4, 0.5) is 0 Å². The highest BCUT2D eigenvalue weighted by Gasteiger charge is 2.40. The van der Waals surface area contributed by atoms with Gasteiger partial charge in [0.25, 0.3) is 6.23 Å². The molecule has 16 heavy (non-hydrogen) atoms. The van der Waals surface area contributed by atoms with E-state index in [1.54, 1.807) is 4.90 Å². The van der Waals surface area contributed by atoms with Crippen LogP contribution in [0.25, 0.3) is 0 Å². The molecule has 1 aromatic rings. The summed E-state index contributed by atoms with van der Waals surface area (Å²) in [6.45, 7) is 1.33. The molecule has 0 aliphatic carbocycles. The maximum atomic E-state index is 10.4. The molecule has 0 N–H and O–H groups in total. The summed E-state index contributed by atoms with van der Waals surface area (Å²) in [5.41, 5.74) is 1.07. The molecule has 0 spiro atoms. The van der Waals surface area contributed by atoms with Crippen LogP contribution in [0.5, 0.6) is 0 Å². The minimum atomic E-state index is -4.33. The smallest absolute Gasteiger partial charge is 0.260 e. The Morgan fingerprint density at radius 3 is 2.44 bits per heavy atom. The van der Waals surface area contributed by atoms with Gasteiger partial charge in [0.05, 0.1) is 14.5 Å². The molecule has 1 unspecified atom stereocenters. The van der Waals surface area contributed by atoms with Gasteiger partial charge in [-0.15, -0.1) is 0 Å². The average molecular weight is 246 g/mol. The lowest BCUT2D eigenvalue weighted by Gasteiger charge is -2.36. The Morgan fingerprint density at radius 2 is 1.94 bits per heavy atom. The number of hydrogen-bond acceptors (Lipinski definition) is 5. The molecule has 0 amide bonds. The third-order valence-corrected chi connectivity index (χ3v) is 2.93. The SMILES string of the molecule is [O-][Cl+3]([O-])([O-])OC1CCN1Cc1ccccc1. The summed E-state index contributed by atoms with van der Waals surface area (Å²) in [7, 11) is -4.33. The summed E-state index contributed by atoms with van der Waals surface area (Å²) in [5.74, 6) is 0. The summed E-state index contributed by atoms with van der Waals surface area (Å²) >= 11 is 0. The van der Waals surface area contributed by atoms with E-state index in [9.17, 15) is 14.0 Å². The molecular formula is C10H12ClNO4. The third kappa shape index (κ3) is 3.15. The zero-order valence-electron chi connectivity index (χ0n) is 8.54. The number of likely N-dealkylation sites (tertiary alicyclic amines) is 1. The first-order chi connectivity index (χ1) is 7.54. The molecule has 1 aliphatic heterocycles. The minimum absolute atomic E-state index is 0.571. The van der Waals surface area contributed by atoms with Gasteiger partial charge in [0.15, 0.2) is 0 Å². The van der Waals surface area contributed by atoms with Crippen molar-refractivity contribution in [3.63, 3.8) is 0 Å². The minimum Gasteiger partial charge on any atom is -0.260 e. The van der Waals surface area contributed by atoms with E-state index >= 15 is 0 Å². The molecule has 1 aromatic carbocycles. The fourth-order valence-electron chi connectivity index (χ4n) is 1.64. The Hall–Kier alpha value is -0.690. The molecule has 5 nitrogen and oxygen atoms in total. The molecule has 88 valence electrons. The number of nitrogens with zero attached hydrogens (tertiary/aromatic N) is 1. The van der Waals surface area contributed by atoms with E-state index in [1.807, 2.05) is 30.3 Å². The van der Waals surface area contributed by atoms with Crippen LogP contribution in [-0.2, 0) is 10.8 Å². The van der Waals surface area contributed by atoms with Crippen LogP contribution in [0.1, 0.15) is 12.0 Å². The maximum Gasteiger partial charge on any atom is 0.269 e. The van der Waals surface area contributed by atoms with Crippen LogP contribution in [0, 0.1) is 10.2 Å². The van der Waals surface area contributed by atoms with Gasteiger partial charge in [-0.1, -0.05) is 30.3 Å². The summed E-state index contributed by atoms with van der Waals surface area (Å²) in [6, 6.07) is 9.62. The zero-order valence-corrected chi connectivity index (χ0v) is 9.30. The van der Waals surface area contributed by atoms with Crippen molar-refractivity contribution < 1.29 is 28.5 Å². The van der Waals surface area contributed by atoms with Gasteiger partial charge in [0.1, 0.15) is 0 Å². The fourth-order valence-corrected chi connectivity index (χ4v) is 2.10. The highest BCUT2D eigenvalue weighted by molar-refractivity contribution is 5.14. The first kappa shape index (κ1) is 11.8. The van der Waals surface area contributed by atoms with E-state index in [0.717, 1.165) is 12.1 Å². The van der Waals surface area contributed by atoms with Crippen LogP contribution in [0.2, 0.25) is 0 Å². The topological polar surface area (TPSA) is 81.6 Å². The quantitative estimate of drug-likeness (QED) is 0.621. The molecular weight excluding hydrogens is 234 g/mol. The Morgan fingerprint density at radius 1 is 1.25 bits per heavy atom. The highest BCUT2D eigenvalue weighted by atomic mass is 35.7. The van der Waals surface area contributed by atoms with Gasteiger partial charge in [-0.2, -0.15) is 14.0 Å². The van der Waals surface area contributed by atoms with E-state index in [0.29, 0.717) is 13.0 Å². The zero-order chi connectivity index (χ0) is 11.6. The van der Waals surface area contributed by atoms with Gasteiger partial charge in [-0.3, -0.25) is 4.90 Å². The van der Waals surface area contributed by atoms with Crippen LogP contribution in [0.15, 0.2) is 30.3 Å². The molecule has 6 heteroatoms. The van der Waals surface area contributed by atoms with E-state index in [4.69, 9.17) is 0 Å². The Labute approximate surface area is 95.6 Å². The standard InChI is InChI=1S/C10H12ClNO4/c13-11(14,15)16-10-6-7-12(10)8-9-4-2-1-3-5-9/h1-5,10H,6-8H2. The molecule has 0 saturated carbocycles. The highest BCUT2D eigenvalue weighted by Crippen LogP contribution is 2.22. The number of hydrogen-bond donors (Lipinski definition) is 0. The van der Waals surface area contributed by atoms with Crippen molar-refractivity contribution in [3.05, 3.63) is 35.9 Å². The van der Waals surface area contributed by atoms with Crippen molar-refractivity contribution in [1.29, 1.82) is 0 Å². The second kappa shape index (κ2) is 4.67. The third-order valence-electron chi connectivity index (χ3n) is 2.51. The van der Waals surface area contributed by atoms with Gasteiger partial charge >= 0.3 is 0 Å². The predicted molar refractivity (Wildman–Crippen MR) is 46.3 cm³/mol. The van der Waals surface area contributed by atoms with Crippen molar-refractivity contribution in [3.8, 4) is 0 Å². The van der Waals surface area contributed by atoms with Gasteiger partial charge in [0, 0.05) is 19.5 Å². The van der Waals surface area contributed by atoms with Gasteiger partial charge in [-0.25, -0.2) is 0 Å². The first-order valence-electron chi connectivity index (χ1n) is 4.92. The number of rotatable bonds is 4. The van der Waals surface area contributed by atoms with Crippen molar-refractivity contribution in [1.82, 2.24) is 4.90 Å². The summed E-state index contributed by atoms with van der Waals surface area (Å²) in [6.07, 6.45) is -0.0363. The van der Waals surface area contributed by atoms with Crippen molar-refractivity contribution in [2.45, 2.75) is 19.2 Å². The maximum absolute atomic E-state index is 10.4. The van der Waals surface area contributed by atoms with Crippen molar-refractivity contribution >= 4 is 0 Å². The molecule has 1 aliphatic rings. The Balaban J connectivity index is 1.88. The lowest BCUT2D eigenvalue weighted by Crippen LogP contribution is -2.65. The van der Waals surface area contributed by atoms with Crippen LogP contribution in [-0.4, -0.2) is 17.7 Å². The molecule has 0 aromatic heterocycles. The van der Waals surface area contributed by atoms with Gasteiger partial charge in [-0.05, 0) is 5.56 Å². The normalized spacial score (nSPS) is 21.8. The van der Waals surface area contributed by atoms with Gasteiger partial charge < -0.3 is 0 Å². The number of halogens is 1. The molecule has 1 heterocycles. The van der Waals surface area contributed by atoms with E-state index in [-0.39, 0.29) is 0 Å². The molecule has 1 fully saturated rings. The predicted octanol–water partition coefficient (Wildman–Crippen LogP) is -1.87. The number of benzene rings is 1. The fraction of sp³-hybridized carbons (Fsp3) is 0.400. The molecule has 1 atom stereocenters. The Kier molecular flexibility index (Phi) is 3.44. The average Bonchev–Trinajstić information content (AvgIpc) is 2.22. The Bertz CT molecular complexity index is 340. The van der Waals surface area contributed by atoms with Crippen LogP contribution >= 0.6 is 0 Å². The molecule has 2 rings (SSSR count). The van der Waals surface area contributed by atoms with E-state index in [2.05, 4.69) is 4.29 Å². The van der Waals surface area contributed by atoms with E-state index < -0.39 is 16.5 Å². The summed E-state index contributed by atoms with van der Waals surface area (Å²) in [5, 5.41) is 0. The lowest BCUT2D eigenvalue weighted by atomic mass is 10.1. The monoisotopic (exact) mass is 245 g/mol. The molecule has 1 saturated heterocycles. The second-order valence-corrected chi connectivity index (χ2v) is 4.60. The lowest BCUT2D eigenvalue weighted by molar-refractivity contribution is -1.92. The van der Waals surface area contributed by atoms with Gasteiger partial charge in [0.2, 0.25) is 0 Å².